The summed E-state index contributed by atoms with van der Waals surface area (Å²) in [5, 5.41) is 2.42. The quantitative estimate of drug-likeness (QED) is 0.803. The van der Waals surface area contributed by atoms with E-state index in [1.807, 2.05) is 0 Å². The van der Waals surface area contributed by atoms with Crippen LogP contribution in [0.4, 0.5) is 18.9 Å². The van der Waals surface area contributed by atoms with E-state index < -0.39 is 38.1 Å². The van der Waals surface area contributed by atoms with Gasteiger partial charge in [-0.1, -0.05) is 6.07 Å². The highest BCUT2D eigenvalue weighted by Crippen LogP contribution is 2.32. The van der Waals surface area contributed by atoms with Crippen molar-refractivity contribution in [3.05, 3.63) is 24.3 Å². The molecule has 0 bridgehead atoms. The molecule has 1 aliphatic carbocycles. The number of carbonyl (C=O) groups is 1. The number of nitrogens with two attached hydrogens (primary N) is 1. The number of nitrogens with one attached hydrogen (secondary N) is 1. The van der Waals surface area contributed by atoms with Crippen LogP contribution in [0.15, 0.2) is 29.2 Å². The van der Waals surface area contributed by atoms with Crippen molar-refractivity contribution in [1.82, 2.24) is 0 Å². The second-order valence-corrected chi connectivity index (χ2v) is 7.44. The first-order valence-corrected chi connectivity index (χ1v) is 8.57. The van der Waals surface area contributed by atoms with Crippen LogP contribution in [0.3, 0.4) is 0 Å². The average Bonchev–Trinajstić information content (AvgIpc) is 2.87. The number of ether oxygens (including phenoxy) is 1. The molecule has 1 aromatic carbocycles. The van der Waals surface area contributed by atoms with Crippen LogP contribution < -0.4 is 11.1 Å². The van der Waals surface area contributed by atoms with E-state index in [1.165, 1.54) is 13.2 Å². The van der Waals surface area contributed by atoms with E-state index in [9.17, 15) is 26.4 Å². The zero-order valence-corrected chi connectivity index (χ0v) is 14.7. The Morgan fingerprint density at radius 3 is 2.48 bits per heavy atom. The fourth-order valence-electron chi connectivity index (χ4n) is 2.68. The lowest BCUT2D eigenvalue weighted by molar-refractivity contribution is -0.120. The smallest absolute Gasteiger partial charge is 0.380 e. The van der Waals surface area contributed by atoms with E-state index in [2.05, 4.69) is 5.32 Å². The maximum absolute atomic E-state index is 12.6. The molecule has 0 radical (unpaired) electrons. The van der Waals surface area contributed by atoms with Gasteiger partial charge in [0.2, 0.25) is 5.91 Å². The van der Waals surface area contributed by atoms with Gasteiger partial charge in [0.1, 0.15) is 0 Å². The number of carbonyl (C=O) groups excluding carboxylic acids is 1. The first-order chi connectivity index (χ1) is 11.1. The van der Waals surface area contributed by atoms with Gasteiger partial charge in [-0.25, -0.2) is 8.42 Å². The van der Waals surface area contributed by atoms with Gasteiger partial charge in [-0.3, -0.25) is 4.79 Å². The van der Waals surface area contributed by atoms with Crippen LogP contribution >= 0.6 is 12.4 Å². The van der Waals surface area contributed by atoms with Crippen LogP contribution in [-0.2, 0) is 19.4 Å². The van der Waals surface area contributed by atoms with Crippen molar-refractivity contribution in [3.63, 3.8) is 0 Å². The Balaban J connectivity index is 0.00000312. The molecule has 1 saturated carbocycles. The third kappa shape index (κ3) is 4.43. The lowest BCUT2D eigenvalue weighted by Gasteiger charge is -2.19. The van der Waals surface area contributed by atoms with Crippen molar-refractivity contribution in [2.24, 2.45) is 11.7 Å². The number of alkyl halides is 3. The van der Waals surface area contributed by atoms with Gasteiger partial charge in [0, 0.05) is 18.8 Å². The summed E-state index contributed by atoms with van der Waals surface area (Å²) in [5.74, 6) is -1.04. The van der Waals surface area contributed by atoms with Crippen molar-refractivity contribution in [1.29, 1.82) is 0 Å². The Morgan fingerprint density at radius 2 is 1.96 bits per heavy atom. The zero-order chi connectivity index (χ0) is 18.1. The molecule has 0 heterocycles. The molecular formula is C14H18ClF3N2O4S. The van der Waals surface area contributed by atoms with Crippen LogP contribution in [0, 0.1) is 5.92 Å². The topological polar surface area (TPSA) is 98.5 Å². The van der Waals surface area contributed by atoms with E-state index in [4.69, 9.17) is 10.5 Å². The molecule has 1 aromatic rings. The lowest BCUT2D eigenvalue weighted by Crippen LogP contribution is -2.41. The Hall–Kier alpha value is -1.36. The number of rotatable bonds is 4. The molecule has 6 nitrogen and oxygen atoms in total. The van der Waals surface area contributed by atoms with E-state index in [0.717, 1.165) is 18.2 Å². The fourth-order valence-corrected chi connectivity index (χ4v) is 3.49. The molecule has 0 aromatic heterocycles. The van der Waals surface area contributed by atoms with E-state index in [-0.39, 0.29) is 24.2 Å². The molecule has 0 unspecified atom stereocenters. The van der Waals surface area contributed by atoms with E-state index >= 15 is 0 Å². The summed E-state index contributed by atoms with van der Waals surface area (Å²) >= 11 is 0. The molecule has 3 N–H and O–H groups in total. The van der Waals surface area contributed by atoms with Crippen LogP contribution in [-0.4, -0.2) is 39.1 Å². The highest BCUT2D eigenvalue weighted by molar-refractivity contribution is 7.92. The standard InChI is InChI=1S/C14H17F3N2O4S.ClH/c1-23-11-6-5-10(12(11)18)13(20)19-8-3-2-4-9(7-8)24(21,22)14(15,16)17;/h2-4,7,10-12H,5-6,18H2,1H3,(H,19,20);1H/t10-,11-,12-;/m1./s1. The Kier molecular flexibility index (Phi) is 6.85. The summed E-state index contributed by atoms with van der Waals surface area (Å²) in [6, 6.07) is 3.50. The summed E-state index contributed by atoms with van der Waals surface area (Å²) in [6.07, 6.45) is 0.808. The number of anilines is 1. The van der Waals surface area contributed by atoms with Gasteiger partial charge in [0.05, 0.1) is 16.9 Å². The Labute approximate surface area is 149 Å². The Bertz CT molecular complexity index is 727. The van der Waals surface area contributed by atoms with Gasteiger partial charge in [-0.05, 0) is 31.0 Å². The third-order valence-electron chi connectivity index (χ3n) is 4.01. The number of halogens is 4. The SMILES string of the molecule is CO[C@@H]1CC[C@@H](C(=O)Nc2cccc(S(=O)(=O)C(F)(F)F)c2)[C@H]1N.Cl. The van der Waals surface area contributed by atoms with Gasteiger partial charge < -0.3 is 15.8 Å². The highest BCUT2D eigenvalue weighted by atomic mass is 35.5. The van der Waals surface area contributed by atoms with Gasteiger partial charge in [-0.2, -0.15) is 13.2 Å². The normalized spacial score (nSPS) is 23.8. The Morgan fingerprint density at radius 1 is 1.32 bits per heavy atom. The van der Waals surface area contributed by atoms with Crippen molar-refractivity contribution < 1.29 is 31.1 Å². The molecule has 0 aliphatic heterocycles. The summed E-state index contributed by atoms with van der Waals surface area (Å²) < 4.78 is 65.7. The van der Waals surface area contributed by atoms with Crippen LogP contribution in [0.2, 0.25) is 0 Å². The molecule has 25 heavy (non-hydrogen) atoms. The molecule has 0 saturated heterocycles. The van der Waals surface area contributed by atoms with Crippen molar-refractivity contribution in [2.45, 2.75) is 35.4 Å². The number of hydrogen-bond donors (Lipinski definition) is 2. The highest BCUT2D eigenvalue weighted by Gasteiger charge is 2.47. The van der Waals surface area contributed by atoms with Crippen molar-refractivity contribution in [3.8, 4) is 0 Å². The lowest BCUT2D eigenvalue weighted by atomic mass is 10.0. The third-order valence-corrected chi connectivity index (χ3v) is 5.50. The monoisotopic (exact) mass is 402 g/mol. The summed E-state index contributed by atoms with van der Waals surface area (Å²) in [7, 11) is -3.99. The number of sulfone groups is 1. The summed E-state index contributed by atoms with van der Waals surface area (Å²) in [4.78, 5) is 11.3. The summed E-state index contributed by atoms with van der Waals surface area (Å²) in [6.45, 7) is 0. The van der Waals surface area contributed by atoms with Crippen LogP contribution in [0.25, 0.3) is 0 Å². The van der Waals surface area contributed by atoms with Gasteiger partial charge in [0.15, 0.2) is 0 Å². The molecule has 0 spiro atoms. The van der Waals surface area contributed by atoms with Gasteiger partial charge in [-0.15, -0.1) is 12.4 Å². The predicted molar refractivity (Wildman–Crippen MR) is 87.1 cm³/mol. The van der Waals surface area contributed by atoms with Crippen molar-refractivity contribution >= 4 is 33.8 Å². The van der Waals surface area contributed by atoms with E-state index in [1.54, 1.807) is 0 Å². The number of benzene rings is 1. The average molecular weight is 403 g/mol. The first kappa shape index (κ1) is 21.7. The summed E-state index contributed by atoms with van der Waals surface area (Å²) in [5.41, 5.74) is 0.463. The molecular weight excluding hydrogens is 385 g/mol. The molecule has 142 valence electrons. The molecule has 1 aliphatic rings. The number of hydrogen-bond acceptors (Lipinski definition) is 5. The fraction of sp³-hybridized carbons (Fsp3) is 0.500. The van der Waals surface area contributed by atoms with Gasteiger partial charge >= 0.3 is 5.51 Å². The second kappa shape index (κ2) is 7.90. The minimum absolute atomic E-state index is 0. The van der Waals surface area contributed by atoms with Gasteiger partial charge in [0.25, 0.3) is 9.84 Å². The first-order valence-electron chi connectivity index (χ1n) is 7.08. The van der Waals surface area contributed by atoms with Crippen LogP contribution in [0.1, 0.15) is 12.8 Å². The molecule has 2 rings (SSSR count). The molecule has 1 amide bonds. The maximum Gasteiger partial charge on any atom is 0.501 e. The van der Waals surface area contributed by atoms with Crippen molar-refractivity contribution in [2.75, 3.05) is 12.4 Å². The number of amides is 1. The molecule has 1 fully saturated rings. The van der Waals surface area contributed by atoms with Crippen LogP contribution in [0.5, 0.6) is 0 Å². The second-order valence-electron chi connectivity index (χ2n) is 5.50. The number of methoxy groups -OCH3 is 1. The minimum atomic E-state index is -5.47. The largest absolute Gasteiger partial charge is 0.501 e. The minimum Gasteiger partial charge on any atom is -0.380 e. The maximum atomic E-state index is 12.6. The van der Waals surface area contributed by atoms with E-state index in [0.29, 0.717) is 12.8 Å². The zero-order valence-electron chi connectivity index (χ0n) is 13.1. The molecule has 11 heteroatoms. The molecule has 3 atom stereocenters. The predicted octanol–water partition coefficient (Wildman–Crippen LogP) is 2.09.